The molecule has 2 aromatic carbocycles. The molecule has 0 aliphatic rings. The Morgan fingerprint density at radius 1 is 1.29 bits per heavy atom. The molecule has 0 unspecified atom stereocenters. The Hall–Kier alpha value is -3.95. The minimum Gasteiger partial charge on any atom is -0.407 e. The van der Waals surface area contributed by atoms with Gasteiger partial charge in [0.15, 0.2) is 5.58 Å². The smallest absolute Gasteiger partial charge is 0.407 e. The van der Waals surface area contributed by atoms with Gasteiger partial charge in [0.2, 0.25) is 5.91 Å². The van der Waals surface area contributed by atoms with E-state index in [0.717, 1.165) is 10.9 Å². The quantitative estimate of drug-likeness (QED) is 0.389. The Balaban J connectivity index is 1.40. The molecule has 0 atom stereocenters. The molecule has 28 heavy (non-hydrogen) atoms. The van der Waals surface area contributed by atoms with E-state index in [1.807, 2.05) is 12.1 Å². The van der Waals surface area contributed by atoms with E-state index in [-0.39, 0.29) is 30.1 Å². The van der Waals surface area contributed by atoms with Crippen molar-refractivity contribution in [1.29, 1.82) is 0 Å². The fraction of sp³-hybridized carbons (Fsp3) is 0.167. The number of non-ortho nitro benzene ring substituents is 1. The summed E-state index contributed by atoms with van der Waals surface area (Å²) in [5, 5.41) is 21.3. The first-order valence-electron chi connectivity index (χ1n) is 8.52. The maximum atomic E-state index is 12.2. The van der Waals surface area contributed by atoms with Crippen LogP contribution in [0.5, 0.6) is 0 Å². The minimum atomic E-state index is -0.610. The number of oxazole rings is 1. The summed E-state index contributed by atoms with van der Waals surface area (Å²) in [7, 11) is 0. The lowest BCUT2D eigenvalue weighted by Crippen LogP contribution is -2.17. The van der Waals surface area contributed by atoms with Crippen LogP contribution in [0, 0.1) is 10.1 Å². The molecular weight excluding hydrogens is 366 g/mol. The van der Waals surface area contributed by atoms with Crippen LogP contribution in [-0.2, 0) is 11.3 Å². The largest absolute Gasteiger partial charge is 0.419 e. The number of carbonyl (C=O) groups is 1. The van der Waals surface area contributed by atoms with Gasteiger partial charge in [-0.15, -0.1) is 0 Å². The van der Waals surface area contributed by atoms with Crippen LogP contribution >= 0.6 is 0 Å². The second-order valence-electron chi connectivity index (χ2n) is 6.25. The summed E-state index contributed by atoms with van der Waals surface area (Å²) in [6, 6.07) is 9.42. The maximum Gasteiger partial charge on any atom is 0.419 e. The van der Waals surface area contributed by atoms with E-state index in [9.17, 15) is 19.7 Å². The molecule has 0 fully saturated rings. The van der Waals surface area contributed by atoms with Crippen LogP contribution in [-0.4, -0.2) is 25.6 Å². The molecule has 1 amide bonds. The highest BCUT2D eigenvalue weighted by Crippen LogP contribution is 2.20. The third-order valence-corrected chi connectivity index (χ3v) is 4.37. The zero-order valence-corrected chi connectivity index (χ0v) is 14.5. The summed E-state index contributed by atoms with van der Waals surface area (Å²) in [6.07, 6.45) is 2.28. The van der Waals surface area contributed by atoms with Gasteiger partial charge >= 0.3 is 5.76 Å². The molecule has 2 heterocycles. The topological polar surface area (TPSA) is 136 Å². The van der Waals surface area contributed by atoms with Crippen LogP contribution < -0.4 is 11.1 Å². The number of hydrogen-bond acceptors (Lipinski definition) is 6. The van der Waals surface area contributed by atoms with Crippen molar-refractivity contribution >= 4 is 39.3 Å². The zero-order chi connectivity index (χ0) is 19.7. The predicted octanol–water partition coefficient (Wildman–Crippen LogP) is 2.80. The van der Waals surface area contributed by atoms with E-state index >= 15 is 0 Å². The first-order valence-corrected chi connectivity index (χ1v) is 8.52. The second kappa shape index (κ2) is 6.99. The first kappa shape index (κ1) is 17.5. The van der Waals surface area contributed by atoms with Gasteiger partial charge in [0.1, 0.15) is 0 Å². The number of anilines is 1. The van der Waals surface area contributed by atoms with Crippen molar-refractivity contribution in [3.05, 3.63) is 63.3 Å². The van der Waals surface area contributed by atoms with Crippen molar-refractivity contribution in [2.75, 3.05) is 5.32 Å². The van der Waals surface area contributed by atoms with E-state index in [4.69, 9.17) is 4.42 Å². The lowest BCUT2D eigenvalue weighted by molar-refractivity contribution is -0.384. The number of nitro groups is 1. The molecule has 0 bridgehead atoms. The number of rotatable bonds is 6. The summed E-state index contributed by atoms with van der Waals surface area (Å²) in [5.41, 5.74) is 2.00. The fourth-order valence-electron chi connectivity index (χ4n) is 3.02. The molecule has 10 nitrogen and oxygen atoms in total. The molecule has 0 aliphatic carbocycles. The fourth-order valence-corrected chi connectivity index (χ4v) is 3.02. The second-order valence-corrected chi connectivity index (χ2v) is 6.25. The molecule has 10 heteroatoms. The number of aryl methyl sites for hydroxylation is 1. The molecule has 4 aromatic rings. The van der Waals surface area contributed by atoms with E-state index in [2.05, 4.69) is 15.5 Å². The molecule has 0 saturated heterocycles. The number of benzene rings is 2. The predicted molar refractivity (Wildman–Crippen MR) is 101 cm³/mol. The van der Waals surface area contributed by atoms with Crippen molar-refractivity contribution in [1.82, 2.24) is 14.8 Å². The van der Waals surface area contributed by atoms with Crippen molar-refractivity contribution < 1.29 is 14.1 Å². The van der Waals surface area contributed by atoms with Crippen molar-refractivity contribution in [3.63, 3.8) is 0 Å². The standard InChI is InChI=1S/C18H15N5O5/c24-17(20-12-3-5-14-11(8-12)10-19-21-14)2-1-7-22-15-6-4-13(23(26)27)9-16(15)28-18(22)25/h3-6,8-10H,1-2,7H2,(H,19,21)(H,20,24). The molecule has 4 rings (SSSR count). The Bertz CT molecular complexity index is 1250. The average molecular weight is 381 g/mol. The van der Waals surface area contributed by atoms with Gasteiger partial charge in [0.25, 0.3) is 5.69 Å². The minimum absolute atomic E-state index is 0.150. The Labute approximate surface area is 156 Å². The SMILES string of the molecule is O=C(CCCn1c(=O)oc2cc([N+](=O)[O-])ccc21)Nc1ccc2[nH]ncc2c1. The molecule has 2 aromatic heterocycles. The van der Waals surface area contributed by atoms with E-state index < -0.39 is 10.7 Å². The number of hydrogen-bond donors (Lipinski definition) is 2. The van der Waals surface area contributed by atoms with Crippen LogP contribution in [0.25, 0.3) is 22.0 Å². The van der Waals surface area contributed by atoms with Gasteiger partial charge in [-0.3, -0.25) is 24.6 Å². The van der Waals surface area contributed by atoms with E-state index in [0.29, 0.717) is 17.6 Å². The summed E-state index contributed by atoms with van der Waals surface area (Å²) < 4.78 is 6.43. The van der Waals surface area contributed by atoms with Gasteiger partial charge < -0.3 is 9.73 Å². The number of nitrogens with one attached hydrogen (secondary N) is 2. The number of H-pyrrole nitrogens is 1. The van der Waals surface area contributed by atoms with Gasteiger partial charge in [0, 0.05) is 30.1 Å². The Morgan fingerprint density at radius 2 is 2.14 bits per heavy atom. The lowest BCUT2D eigenvalue weighted by Gasteiger charge is -2.06. The number of aromatic nitrogens is 3. The summed E-state index contributed by atoms with van der Waals surface area (Å²) in [4.78, 5) is 34.4. The normalized spacial score (nSPS) is 11.1. The number of nitrogens with zero attached hydrogens (tertiary/aromatic N) is 3. The summed E-state index contributed by atoms with van der Waals surface area (Å²) in [6.45, 7) is 0.262. The van der Waals surface area contributed by atoms with Gasteiger partial charge in [-0.05, 0) is 30.7 Å². The highest BCUT2D eigenvalue weighted by Gasteiger charge is 2.14. The highest BCUT2D eigenvalue weighted by atomic mass is 16.6. The van der Waals surface area contributed by atoms with E-state index in [1.54, 1.807) is 12.3 Å². The van der Waals surface area contributed by atoms with Crippen molar-refractivity contribution in [3.8, 4) is 0 Å². The van der Waals surface area contributed by atoms with Crippen molar-refractivity contribution in [2.45, 2.75) is 19.4 Å². The first-order chi connectivity index (χ1) is 13.5. The number of carbonyl (C=O) groups excluding carboxylic acids is 1. The molecule has 0 saturated carbocycles. The van der Waals surface area contributed by atoms with Crippen LogP contribution in [0.2, 0.25) is 0 Å². The number of nitro benzene ring substituents is 1. The zero-order valence-electron chi connectivity index (χ0n) is 14.5. The molecule has 142 valence electrons. The lowest BCUT2D eigenvalue weighted by atomic mass is 10.2. The number of fused-ring (bicyclic) bond motifs is 2. The maximum absolute atomic E-state index is 12.2. The monoisotopic (exact) mass is 381 g/mol. The van der Waals surface area contributed by atoms with Gasteiger partial charge in [0.05, 0.1) is 28.2 Å². The number of amides is 1. The van der Waals surface area contributed by atoms with Gasteiger partial charge in [-0.1, -0.05) is 0 Å². The molecule has 0 spiro atoms. The molecule has 2 N–H and O–H groups in total. The average Bonchev–Trinajstić information content (AvgIpc) is 3.25. The van der Waals surface area contributed by atoms with Crippen LogP contribution in [0.4, 0.5) is 11.4 Å². The Kier molecular flexibility index (Phi) is 4.36. The third kappa shape index (κ3) is 3.34. The van der Waals surface area contributed by atoms with Crippen LogP contribution in [0.3, 0.4) is 0 Å². The summed E-state index contributed by atoms with van der Waals surface area (Å²) in [5.74, 6) is -0.791. The van der Waals surface area contributed by atoms with Gasteiger partial charge in [-0.25, -0.2) is 4.79 Å². The van der Waals surface area contributed by atoms with Crippen molar-refractivity contribution in [2.24, 2.45) is 0 Å². The van der Waals surface area contributed by atoms with E-state index in [1.165, 1.54) is 22.8 Å². The third-order valence-electron chi connectivity index (χ3n) is 4.37. The van der Waals surface area contributed by atoms with Gasteiger partial charge in [-0.2, -0.15) is 5.10 Å². The molecule has 0 radical (unpaired) electrons. The highest BCUT2D eigenvalue weighted by molar-refractivity contribution is 5.93. The molecular formula is C18H15N5O5. The molecule has 0 aliphatic heterocycles. The van der Waals surface area contributed by atoms with Crippen LogP contribution in [0.15, 0.2) is 51.8 Å². The van der Waals surface area contributed by atoms with Crippen LogP contribution in [0.1, 0.15) is 12.8 Å². The Morgan fingerprint density at radius 3 is 2.96 bits per heavy atom. The number of aromatic amines is 1. The summed E-state index contributed by atoms with van der Waals surface area (Å²) >= 11 is 0.